The van der Waals surface area contributed by atoms with Crippen molar-refractivity contribution in [3.63, 3.8) is 0 Å². The van der Waals surface area contributed by atoms with Gasteiger partial charge in [0, 0.05) is 17.4 Å². The predicted molar refractivity (Wildman–Crippen MR) is 97.2 cm³/mol. The minimum atomic E-state index is -0.376. The average Bonchev–Trinajstić information content (AvgIpc) is 2.53. The summed E-state index contributed by atoms with van der Waals surface area (Å²) in [4.78, 5) is 12.4. The van der Waals surface area contributed by atoms with Crippen LogP contribution in [0.4, 0.5) is 11.4 Å². The molecule has 0 saturated heterocycles. The van der Waals surface area contributed by atoms with E-state index in [-0.39, 0.29) is 11.9 Å². The van der Waals surface area contributed by atoms with Crippen molar-refractivity contribution in [2.75, 3.05) is 24.9 Å². The van der Waals surface area contributed by atoms with Crippen LogP contribution in [0.1, 0.15) is 18.1 Å². The summed E-state index contributed by atoms with van der Waals surface area (Å²) in [5.41, 5.74) is 3.91. The van der Waals surface area contributed by atoms with E-state index < -0.39 is 0 Å². The van der Waals surface area contributed by atoms with E-state index >= 15 is 0 Å². The number of ether oxygens (including phenoxy) is 2. The zero-order valence-corrected chi connectivity index (χ0v) is 14.8. The summed E-state index contributed by atoms with van der Waals surface area (Å²) in [6.45, 7) is 5.90. The highest BCUT2D eigenvalue weighted by Gasteiger charge is 2.14. The largest absolute Gasteiger partial charge is 0.493 e. The summed E-state index contributed by atoms with van der Waals surface area (Å²) in [6, 6.07) is 11.0. The summed E-state index contributed by atoms with van der Waals surface area (Å²) in [5.74, 6) is 1.07. The molecule has 2 aromatic carbocycles. The van der Waals surface area contributed by atoms with Gasteiger partial charge in [0.1, 0.15) is 6.04 Å². The SMILES string of the molecule is COc1ccc(NC(=O)C(C)Nc2cc(C)cc(C)c2)cc1OC. The van der Waals surface area contributed by atoms with Crippen molar-refractivity contribution in [2.45, 2.75) is 26.8 Å². The number of anilines is 2. The number of nitrogens with one attached hydrogen (secondary N) is 2. The number of benzene rings is 2. The summed E-state index contributed by atoms with van der Waals surface area (Å²) < 4.78 is 10.4. The maximum atomic E-state index is 12.4. The lowest BCUT2D eigenvalue weighted by atomic mass is 10.1. The Labute approximate surface area is 143 Å². The van der Waals surface area contributed by atoms with Gasteiger partial charge in [-0.05, 0) is 56.2 Å². The Morgan fingerprint density at radius 3 is 2.12 bits per heavy atom. The predicted octanol–water partition coefficient (Wildman–Crippen LogP) is 3.76. The zero-order chi connectivity index (χ0) is 17.7. The van der Waals surface area contributed by atoms with E-state index in [2.05, 4.69) is 16.7 Å². The molecule has 0 aliphatic rings. The fourth-order valence-corrected chi connectivity index (χ4v) is 2.54. The molecule has 24 heavy (non-hydrogen) atoms. The number of aryl methyl sites for hydroxylation is 2. The van der Waals surface area contributed by atoms with Crippen LogP contribution in [-0.4, -0.2) is 26.2 Å². The molecule has 1 unspecified atom stereocenters. The van der Waals surface area contributed by atoms with Crippen LogP contribution in [0.5, 0.6) is 11.5 Å². The third-order valence-corrected chi connectivity index (χ3v) is 3.65. The molecule has 5 heteroatoms. The number of hydrogen-bond acceptors (Lipinski definition) is 4. The van der Waals surface area contributed by atoms with E-state index in [1.165, 1.54) is 0 Å². The van der Waals surface area contributed by atoms with Gasteiger partial charge in [-0.2, -0.15) is 0 Å². The van der Waals surface area contributed by atoms with Gasteiger partial charge in [0.05, 0.1) is 14.2 Å². The smallest absolute Gasteiger partial charge is 0.246 e. The molecule has 2 rings (SSSR count). The quantitative estimate of drug-likeness (QED) is 0.847. The zero-order valence-electron chi connectivity index (χ0n) is 14.8. The molecule has 0 aliphatic heterocycles. The van der Waals surface area contributed by atoms with E-state index in [0.717, 1.165) is 16.8 Å². The Balaban J connectivity index is 2.06. The Morgan fingerprint density at radius 1 is 0.917 bits per heavy atom. The van der Waals surface area contributed by atoms with E-state index in [0.29, 0.717) is 17.2 Å². The van der Waals surface area contributed by atoms with E-state index in [1.807, 2.05) is 32.9 Å². The van der Waals surface area contributed by atoms with E-state index in [1.54, 1.807) is 32.4 Å². The molecule has 0 heterocycles. The van der Waals surface area contributed by atoms with Crippen LogP contribution in [0.25, 0.3) is 0 Å². The topological polar surface area (TPSA) is 59.6 Å². The van der Waals surface area contributed by atoms with Gasteiger partial charge in [-0.25, -0.2) is 0 Å². The van der Waals surface area contributed by atoms with Gasteiger partial charge in [-0.1, -0.05) is 6.07 Å². The normalized spacial score (nSPS) is 11.5. The Kier molecular flexibility index (Phi) is 5.68. The molecule has 2 N–H and O–H groups in total. The van der Waals surface area contributed by atoms with Crippen LogP contribution in [0, 0.1) is 13.8 Å². The van der Waals surface area contributed by atoms with Gasteiger partial charge in [-0.15, -0.1) is 0 Å². The minimum absolute atomic E-state index is 0.124. The molecule has 1 atom stereocenters. The van der Waals surface area contributed by atoms with Crippen molar-refractivity contribution >= 4 is 17.3 Å². The molecule has 128 valence electrons. The lowest BCUT2D eigenvalue weighted by Crippen LogP contribution is -2.31. The monoisotopic (exact) mass is 328 g/mol. The first kappa shape index (κ1) is 17.7. The van der Waals surface area contributed by atoms with Gasteiger partial charge < -0.3 is 20.1 Å². The van der Waals surface area contributed by atoms with Gasteiger partial charge in [0.25, 0.3) is 0 Å². The highest BCUT2D eigenvalue weighted by atomic mass is 16.5. The van der Waals surface area contributed by atoms with Crippen molar-refractivity contribution in [3.8, 4) is 11.5 Å². The molecule has 0 saturated carbocycles. The van der Waals surface area contributed by atoms with Crippen molar-refractivity contribution in [2.24, 2.45) is 0 Å². The number of carbonyl (C=O) groups excluding carboxylic acids is 1. The Bertz CT molecular complexity index is 708. The van der Waals surface area contributed by atoms with Gasteiger partial charge in [0.2, 0.25) is 5.91 Å². The Morgan fingerprint density at radius 2 is 1.54 bits per heavy atom. The van der Waals surface area contributed by atoms with Crippen LogP contribution in [0.15, 0.2) is 36.4 Å². The van der Waals surface area contributed by atoms with Crippen molar-refractivity contribution in [1.82, 2.24) is 0 Å². The molecular weight excluding hydrogens is 304 g/mol. The first-order valence-corrected chi connectivity index (χ1v) is 7.80. The minimum Gasteiger partial charge on any atom is -0.493 e. The summed E-state index contributed by atoms with van der Waals surface area (Å²) in [6.07, 6.45) is 0. The molecule has 0 aliphatic carbocycles. The van der Waals surface area contributed by atoms with Crippen LogP contribution >= 0.6 is 0 Å². The van der Waals surface area contributed by atoms with Crippen LogP contribution in [-0.2, 0) is 4.79 Å². The highest BCUT2D eigenvalue weighted by molar-refractivity contribution is 5.96. The van der Waals surface area contributed by atoms with Crippen LogP contribution < -0.4 is 20.1 Å². The molecule has 0 aromatic heterocycles. The van der Waals surface area contributed by atoms with E-state index in [9.17, 15) is 4.79 Å². The Hall–Kier alpha value is -2.69. The number of hydrogen-bond donors (Lipinski definition) is 2. The molecular formula is C19H24N2O3. The standard InChI is InChI=1S/C19H24N2O3/c1-12-8-13(2)10-16(9-12)20-14(3)19(22)21-15-6-7-17(23-4)18(11-15)24-5/h6-11,14,20H,1-5H3,(H,21,22). The number of methoxy groups -OCH3 is 2. The fourth-order valence-electron chi connectivity index (χ4n) is 2.54. The fraction of sp³-hybridized carbons (Fsp3) is 0.316. The number of carbonyl (C=O) groups is 1. The van der Waals surface area contributed by atoms with E-state index in [4.69, 9.17) is 9.47 Å². The van der Waals surface area contributed by atoms with Gasteiger partial charge >= 0.3 is 0 Å². The van der Waals surface area contributed by atoms with Crippen LogP contribution in [0.3, 0.4) is 0 Å². The number of rotatable bonds is 6. The molecule has 1 amide bonds. The average molecular weight is 328 g/mol. The van der Waals surface area contributed by atoms with Gasteiger partial charge in [-0.3, -0.25) is 4.79 Å². The third-order valence-electron chi connectivity index (χ3n) is 3.65. The molecule has 0 spiro atoms. The second-order valence-electron chi connectivity index (χ2n) is 5.80. The van der Waals surface area contributed by atoms with Gasteiger partial charge in [0.15, 0.2) is 11.5 Å². The second-order valence-corrected chi connectivity index (χ2v) is 5.80. The maximum Gasteiger partial charge on any atom is 0.246 e. The summed E-state index contributed by atoms with van der Waals surface area (Å²) >= 11 is 0. The molecule has 0 radical (unpaired) electrons. The molecule has 0 fully saturated rings. The molecule has 0 bridgehead atoms. The third kappa shape index (κ3) is 4.41. The molecule has 5 nitrogen and oxygen atoms in total. The first-order valence-electron chi connectivity index (χ1n) is 7.80. The lowest BCUT2D eigenvalue weighted by molar-refractivity contribution is -0.116. The highest BCUT2D eigenvalue weighted by Crippen LogP contribution is 2.29. The second kappa shape index (κ2) is 7.73. The molecule has 2 aromatic rings. The lowest BCUT2D eigenvalue weighted by Gasteiger charge is -2.17. The number of amides is 1. The van der Waals surface area contributed by atoms with Crippen LogP contribution in [0.2, 0.25) is 0 Å². The van der Waals surface area contributed by atoms with Crippen molar-refractivity contribution < 1.29 is 14.3 Å². The van der Waals surface area contributed by atoms with Crippen molar-refractivity contribution in [1.29, 1.82) is 0 Å². The summed E-state index contributed by atoms with van der Waals surface area (Å²) in [5, 5.41) is 6.11. The summed E-state index contributed by atoms with van der Waals surface area (Å²) in [7, 11) is 3.14. The van der Waals surface area contributed by atoms with Crippen molar-refractivity contribution in [3.05, 3.63) is 47.5 Å². The first-order chi connectivity index (χ1) is 11.4. The maximum absolute atomic E-state index is 12.4.